The Morgan fingerprint density at radius 3 is 2.69 bits per heavy atom. The molecule has 0 aromatic carbocycles. The maximum atomic E-state index is 11.9. The largest absolute Gasteiger partial charge is 0.335 e. The van der Waals surface area contributed by atoms with E-state index in [2.05, 4.69) is 11.4 Å². The Morgan fingerprint density at radius 2 is 2.12 bits per heavy atom. The zero-order valence-corrected chi connectivity index (χ0v) is 10.0. The lowest BCUT2D eigenvalue weighted by molar-refractivity contribution is 0.193. The molecular formula is C12H21N3O. The summed E-state index contributed by atoms with van der Waals surface area (Å²) < 4.78 is 0. The second-order valence-electron chi connectivity index (χ2n) is 4.27. The molecule has 1 saturated carbocycles. The smallest absolute Gasteiger partial charge is 0.317 e. The van der Waals surface area contributed by atoms with Crippen LogP contribution in [0.25, 0.3) is 0 Å². The van der Waals surface area contributed by atoms with E-state index in [4.69, 9.17) is 5.26 Å². The van der Waals surface area contributed by atoms with E-state index in [1.54, 1.807) is 4.90 Å². The fourth-order valence-corrected chi connectivity index (χ4v) is 2.10. The zero-order valence-electron chi connectivity index (χ0n) is 10.0. The van der Waals surface area contributed by atoms with Gasteiger partial charge in [-0.15, -0.1) is 0 Å². The maximum absolute atomic E-state index is 11.9. The minimum atomic E-state index is -0.00958. The molecule has 0 aromatic heterocycles. The molecule has 0 atom stereocenters. The second kappa shape index (κ2) is 7.10. The molecule has 1 N–H and O–H groups in total. The van der Waals surface area contributed by atoms with Crippen molar-refractivity contribution in [2.24, 2.45) is 0 Å². The molecule has 1 aliphatic rings. The normalized spacial score (nSPS) is 16.5. The van der Waals surface area contributed by atoms with Crippen molar-refractivity contribution in [3.8, 4) is 6.07 Å². The molecule has 0 aliphatic heterocycles. The predicted molar refractivity (Wildman–Crippen MR) is 62.9 cm³/mol. The van der Waals surface area contributed by atoms with Gasteiger partial charge in [0.05, 0.1) is 12.5 Å². The molecule has 0 radical (unpaired) electrons. The first-order valence-electron chi connectivity index (χ1n) is 6.20. The lowest BCUT2D eigenvalue weighted by atomic mass is 9.96. The lowest BCUT2D eigenvalue weighted by Gasteiger charge is -2.27. The summed E-state index contributed by atoms with van der Waals surface area (Å²) in [5.74, 6) is 0. The number of carbonyl (C=O) groups is 1. The van der Waals surface area contributed by atoms with Crippen LogP contribution in [0, 0.1) is 11.3 Å². The van der Waals surface area contributed by atoms with E-state index in [0.29, 0.717) is 25.6 Å². The number of urea groups is 1. The van der Waals surface area contributed by atoms with Gasteiger partial charge in [0.25, 0.3) is 0 Å². The highest BCUT2D eigenvalue weighted by molar-refractivity contribution is 5.74. The molecule has 1 fully saturated rings. The van der Waals surface area contributed by atoms with Crippen LogP contribution in [0.1, 0.15) is 45.4 Å². The number of amides is 2. The minimum absolute atomic E-state index is 0.00958. The molecule has 4 nitrogen and oxygen atoms in total. The Kier molecular flexibility index (Phi) is 5.69. The molecule has 2 amide bonds. The molecule has 0 spiro atoms. The van der Waals surface area contributed by atoms with Crippen LogP contribution in [-0.2, 0) is 0 Å². The summed E-state index contributed by atoms with van der Waals surface area (Å²) in [7, 11) is 0. The standard InChI is InChI=1S/C12H21N3O/c1-2-15(10-6-9-13)12(16)14-11-7-4-3-5-8-11/h11H,2-8,10H2,1H3,(H,14,16). The van der Waals surface area contributed by atoms with Gasteiger partial charge in [-0.3, -0.25) is 0 Å². The van der Waals surface area contributed by atoms with Gasteiger partial charge in [0, 0.05) is 19.1 Å². The van der Waals surface area contributed by atoms with Crippen molar-refractivity contribution in [2.75, 3.05) is 13.1 Å². The lowest BCUT2D eigenvalue weighted by Crippen LogP contribution is -2.45. The first-order chi connectivity index (χ1) is 7.77. The summed E-state index contributed by atoms with van der Waals surface area (Å²) in [5.41, 5.74) is 0. The topological polar surface area (TPSA) is 56.1 Å². The van der Waals surface area contributed by atoms with Crippen LogP contribution < -0.4 is 5.32 Å². The summed E-state index contributed by atoms with van der Waals surface area (Å²) >= 11 is 0. The quantitative estimate of drug-likeness (QED) is 0.794. The Morgan fingerprint density at radius 1 is 1.44 bits per heavy atom. The van der Waals surface area contributed by atoms with Gasteiger partial charge >= 0.3 is 6.03 Å². The third-order valence-electron chi connectivity index (χ3n) is 3.10. The van der Waals surface area contributed by atoms with Crippen molar-refractivity contribution in [2.45, 2.75) is 51.5 Å². The van der Waals surface area contributed by atoms with Crippen molar-refractivity contribution in [1.29, 1.82) is 5.26 Å². The fraction of sp³-hybridized carbons (Fsp3) is 0.833. The summed E-state index contributed by atoms with van der Waals surface area (Å²) in [6.45, 7) is 3.14. The summed E-state index contributed by atoms with van der Waals surface area (Å²) in [5, 5.41) is 11.6. The molecule has 0 heterocycles. The van der Waals surface area contributed by atoms with Gasteiger partial charge in [-0.05, 0) is 19.8 Å². The average Bonchev–Trinajstić information content (AvgIpc) is 2.31. The zero-order chi connectivity index (χ0) is 11.8. The van der Waals surface area contributed by atoms with E-state index in [9.17, 15) is 4.79 Å². The SMILES string of the molecule is CCN(CCC#N)C(=O)NC1CCCCC1. The van der Waals surface area contributed by atoms with Crippen LogP contribution >= 0.6 is 0 Å². The fourth-order valence-electron chi connectivity index (χ4n) is 2.10. The van der Waals surface area contributed by atoms with E-state index >= 15 is 0 Å². The molecular weight excluding hydrogens is 202 g/mol. The maximum Gasteiger partial charge on any atom is 0.317 e. The van der Waals surface area contributed by atoms with Gasteiger partial charge in [0.15, 0.2) is 0 Å². The van der Waals surface area contributed by atoms with Crippen LogP contribution in [0.2, 0.25) is 0 Å². The Hall–Kier alpha value is -1.24. The molecule has 0 unspecified atom stereocenters. The third kappa shape index (κ3) is 4.09. The number of hydrogen-bond acceptors (Lipinski definition) is 2. The highest BCUT2D eigenvalue weighted by atomic mass is 16.2. The number of rotatable bonds is 4. The van der Waals surface area contributed by atoms with E-state index in [1.165, 1.54) is 19.3 Å². The van der Waals surface area contributed by atoms with Crippen LogP contribution in [-0.4, -0.2) is 30.1 Å². The van der Waals surface area contributed by atoms with Crippen LogP contribution in [0.5, 0.6) is 0 Å². The van der Waals surface area contributed by atoms with Gasteiger partial charge in [-0.2, -0.15) is 5.26 Å². The van der Waals surface area contributed by atoms with E-state index in [1.807, 2.05) is 6.92 Å². The summed E-state index contributed by atoms with van der Waals surface area (Å²) in [6, 6.07) is 2.40. The molecule has 0 aromatic rings. The van der Waals surface area contributed by atoms with Crippen molar-refractivity contribution < 1.29 is 4.79 Å². The van der Waals surface area contributed by atoms with Crippen molar-refractivity contribution in [1.82, 2.24) is 10.2 Å². The van der Waals surface area contributed by atoms with Crippen molar-refractivity contribution in [3.05, 3.63) is 0 Å². The molecule has 0 bridgehead atoms. The van der Waals surface area contributed by atoms with Gasteiger partial charge in [0.2, 0.25) is 0 Å². The molecule has 4 heteroatoms. The van der Waals surface area contributed by atoms with E-state index < -0.39 is 0 Å². The van der Waals surface area contributed by atoms with Gasteiger partial charge in [-0.1, -0.05) is 19.3 Å². The highest BCUT2D eigenvalue weighted by Crippen LogP contribution is 2.17. The Labute approximate surface area is 97.6 Å². The van der Waals surface area contributed by atoms with Gasteiger partial charge in [0.1, 0.15) is 0 Å². The first kappa shape index (κ1) is 12.8. The number of nitrogens with zero attached hydrogens (tertiary/aromatic N) is 2. The Balaban J connectivity index is 2.33. The monoisotopic (exact) mass is 223 g/mol. The summed E-state index contributed by atoms with van der Waals surface area (Å²) in [6.07, 6.45) is 6.33. The second-order valence-corrected chi connectivity index (χ2v) is 4.27. The molecule has 1 rings (SSSR count). The van der Waals surface area contributed by atoms with Crippen LogP contribution in [0.4, 0.5) is 4.79 Å². The average molecular weight is 223 g/mol. The third-order valence-corrected chi connectivity index (χ3v) is 3.10. The van der Waals surface area contributed by atoms with Gasteiger partial charge < -0.3 is 10.2 Å². The predicted octanol–water partition coefficient (Wildman–Crippen LogP) is 2.26. The Bertz CT molecular complexity index is 253. The number of hydrogen-bond donors (Lipinski definition) is 1. The van der Waals surface area contributed by atoms with Crippen molar-refractivity contribution in [3.63, 3.8) is 0 Å². The number of carbonyl (C=O) groups excluding carboxylic acids is 1. The van der Waals surface area contributed by atoms with E-state index in [-0.39, 0.29) is 6.03 Å². The van der Waals surface area contributed by atoms with E-state index in [0.717, 1.165) is 12.8 Å². The molecule has 90 valence electrons. The van der Waals surface area contributed by atoms with Gasteiger partial charge in [-0.25, -0.2) is 4.79 Å². The highest BCUT2D eigenvalue weighted by Gasteiger charge is 2.18. The van der Waals surface area contributed by atoms with Crippen LogP contribution in [0.15, 0.2) is 0 Å². The number of nitriles is 1. The number of nitrogens with one attached hydrogen (secondary N) is 1. The molecule has 0 saturated heterocycles. The molecule has 1 aliphatic carbocycles. The summed E-state index contributed by atoms with van der Waals surface area (Å²) in [4.78, 5) is 13.6. The minimum Gasteiger partial charge on any atom is -0.335 e. The van der Waals surface area contributed by atoms with Crippen molar-refractivity contribution >= 4 is 6.03 Å². The van der Waals surface area contributed by atoms with Crippen LogP contribution in [0.3, 0.4) is 0 Å². The molecule has 16 heavy (non-hydrogen) atoms. The first-order valence-corrected chi connectivity index (χ1v) is 6.20.